The van der Waals surface area contributed by atoms with E-state index in [1.165, 1.54) is 4.90 Å². The van der Waals surface area contributed by atoms with Crippen molar-refractivity contribution in [3.05, 3.63) is 29.0 Å². The number of carboxylic acid groups (broad SMARTS) is 1. The number of benzene rings is 1. The number of carbonyl (C=O) groups is 1. The maximum atomic E-state index is 11.1. The molecule has 33 heavy (non-hydrogen) atoms. The van der Waals surface area contributed by atoms with Gasteiger partial charge in [-0.05, 0) is 31.9 Å². The van der Waals surface area contributed by atoms with E-state index < -0.39 is 6.09 Å². The van der Waals surface area contributed by atoms with Crippen LogP contribution in [0, 0.1) is 12.3 Å². The Labute approximate surface area is 194 Å². The van der Waals surface area contributed by atoms with Crippen molar-refractivity contribution in [1.82, 2.24) is 34.8 Å². The highest BCUT2D eigenvalue weighted by molar-refractivity contribution is 6.38. The number of aromatic nitrogens is 6. The molecule has 0 bridgehead atoms. The summed E-state index contributed by atoms with van der Waals surface area (Å²) in [7, 11) is 1.87. The number of hydrogen-bond acceptors (Lipinski definition) is 6. The van der Waals surface area contributed by atoms with E-state index >= 15 is 0 Å². The minimum Gasteiger partial charge on any atom is -0.465 e. The highest BCUT2D eigenvalue weighted by Gasteiger charge is 2.47. The summed E-state index contributed by atoms with van der Waals surface area (Å²) in [5.74, 6) is 0.843. The van der Waals surface area contributed by atoms with Crippen LogP contribution in [0.1, 0.15) is 18.5 Å². The van der Waals surface area contributed by atoms with Crippen LogP contribution in [-0.4, -0.2) is 72.2 Å². The maximum absolute atomic E-state index is 11.1. The molecule has 3 aromatic heterocycles. The number of amides is 1. The molecule has 0 atom stereocenters. The first-order chi connectivity index (χ1) is 15.8. The molecule has 0 saturated carbocycles. The van der Waals surface area contributed by atoms with Gasteiger partial charge in [-0.3, -0.25) is 9.78 Å². The molecule has 10 nitrogen and oxygen atoms in total. The van der Waals surface area contributed by atoms with Crippen LogP contribution < -0.4 is 4.90 Å². The van der Waals surface area contributed by atoms with Gasteiger partial charge in [0.1, 0.15) is 11.2 Å². The molecule has 2 aliphatic heterocycles. The smallest absolute Gasteiger partial charge is 0.407 e. The molecule has 2 fully saturated rings. The van der Waals surface area contributed by atoms with Gasteiger partial charge in [-0.1, -0.05) is 11.6 Å². The minimum atomic E-state index is -0.826. The lowest BCUT2D eigenvalue weighted by atomic mass is 9.72. The number of nitrogens with zero attached hydrogens (tertiary/aromatic N) is 7. The molecule has 1 amide bonds. The van der Waals surface area contributed by atoms with Crippen molar-refractivity contribution in [3.8, 4) is 11.3 Å². The summed E-state index contributed by atoms with van der Waals surface area (Å²) in [5.41, 5.74) is 4.54. The summed E-state index contributed by atoms with van der Waals surface area (Å²) < 4.78 is 1.74. The van der Waals surface area contributed by atoms with E-state index in [4.69, 9.17) is 26.7 Å². The maximum Gasteiger partial charge on any atom is 0.407 e. The number of halogens is 1. The zero-order valence-electron chi connectivity index (χ0n) is 18.3. The highest BCUT2D eigenvalue weighted by atomic mass is 35.5. The van der Waals surface area contributed by atoms with Gasteiger partial charge in [-0.15, -0.1) is 0 Å². The molecule has 1 aromatic carbocycles. The Morgan fingerprint density at radius 2 is 1.97 bits per heavy atom. The highest BCUT2D eigenvalue weighted by Crippen LogP contribution is 2.42. The number of piperidine rings is 1. The van der Waals surface area contributed by atoms with Crippen LogP contribution >= 0.6 is 11.6 Å². The number of aryl methyl sites for hydroxylation is 2. The molecule has 1 spiro atoms. The average molecular weight is 467 g/mol. The zero-order valence-corrected chi connectivity index (χ0v) is 19.1. The van der Waals surface area contributed by atoms with Crippen molar-refractivity contribution in [2.75, 3.05) is 31.1 Å². The van der Waals surface area contributed by atoms with E-state index in [0.717, 1.165) is 53.9 Å². The lowest BCUT2D eigenvalue weighted by Gasteiger charge is -2.53. The Bertz CT molecular complexity index is 1410. The van der Waals surface area contributed by atoms with Crippen LogP contribution in [0.4, 0.5) is 10.6 Å². The Kier molecular flexibility index (Phi) is 4.32. The standard InChI is InChI=1S/C22H23ClN8O2/c1-12-20(30-7-5-22(6-8-30)10-31(11-22)21(32)33)25-19-18(24-12)17(26-27-19)13-3-4-15-14(16(13)23)9-29(2)28-15/h3-4,9H,5-8,10-11H2,1-2H3,(H,32,33)(H,25,26,27). The number of aromatic amines is 1. The molecule has 6 rings (SSSR count). The van der Waals surface area contributed by atoms with Crippen molar-refractivity contribution < 1.29 is 9.90 Å². The van der Waals surface area contributed by atoms with Gasteiger partial charge < -0.3 is 14.9 Å². The monoisotopic (exact) mass is 466 g/mol. The van der Waals surface area contributed by atoms with E-state index in [1.807, 2.05) is 32.3 Å². The molecule has 2 saturated heterocycles. The fourth-order valence-electron chi connectivity index (χ4n) is 5.17. The zero-order chi connectivity index (χ0) is 22.9. The first-order valence-corrected chi connectivity index (χ1v) is 11.3. The van der Waals surface area contributed by atoms with Gasteiger partial charge in [-0.2, -0.15) is 10.2 Å². The van der Waals surface area contributed by atoms with Crippen molar-refractivity contribution in [1.29, 1.82) is 0 Å². The summed E-state index contributed by atoms with van der Waals surface area (Å²) in [6, 6.07) is 3.85. The molecular weight excluding hydrogens is 444 g/mol. The average Bonchev–Trinajstić information content (AvgIpc) is 3.35. The van der Waals surface area contributed by atoms with Gasteiger partial charge in [0.15, 0.2) is 11.5 Å². The molecule has 5 heterocycles. The molecule has 4 aromatic rings. The Hall–Kier alpha value is -3.40. The van der Waals surface area contributed by atoms with E-state index in [0.29, 0.717) is 35.0 Å². The second kappa shape index (κ2) is 7.05. The molecule has 11 heteroatoms. The lowest BCUT2D eigenvalue weighted by molar-refractivity contribution is -0.00645. The largest absolute Gasteiger partial charge is 0.465 e. The van der Waals surface area contributed by atoms with Crippen molar-refractivity contribution in [3.63, 3.8) is 0 Å². The predicted octanol–water partition coefficient (Wildman–Crippen LogP) is 3.45. The van der Waals surface area contributed by atoms with Gasteiger partial charge >= 0.3 is 6.09 Å². The third kappa shape index (κ3) is 3.12. The third-order valence-electron chi connectivity index (χ3n) is 6.98. The normalized spacial score (nSPS) is 17.8. The van der Waals surface area contributed by atoms with Gasteiger partial charge in [0, 0.05) is 55.8 Å². The molecule has 2 N–H and O–H groups in total. The topological polar surface area (TPSA) is 116 Å². The first-order valence-electron chi connectivity index (χ1n) is 10.9. The van der Waals surface area contributed by atoms with Crippen molar-refractivity contribution in [2.24, 2.45) is 12.5 Å². The molecule has 170 valence electrons. The van der Waals surface area contributed by atoms with Crippen LogP contribution in [0.2, 0.25) is 5.02 Å². The second-order valence-corrected chi connectivity index (χ2v) is 9.57. The number of H-pyrrole nitrogens is 1. The van der Waals surface area contributed by atoms with Crippen LogP contribution in [0.15, 0.2) is 18.3 Å². The summed E-state index contributed by atoms with van der Waals surface area (Å²) in [6.07, 6.45) is 2.97. The minimum absolute atomic E-state index is 0.114. The van der Waals surface area contributed by atoms with Crippen molar-refractivity contribution in [2.45, 2.75) is 19.8 Å². The molecular formula is C22H23ClN8O2. The first kappa shape index (κ1) is 20.2. The SMILES string of the molecule is Cc1nc2c(-c3ccc4nn(C)cc4c3Cl)n[nH]c2nc1N1CCC2(CC1)CN(C(=O)O)C2. The molecule has 0 aliphatic carbocycles. The number of rotatable bonds is 2. The number of hydrogen-bond donors (Lipinski definition) is 2. The van der Waals surface area contributed by atoms with Crippen LogP contribution in [0.3, 0.4) is 0 Å². The summed E-state index contributed by atoms with van der Waals surface area (Å²) in [4.78, 5) is 24.6. The van der Waals surface area contributed by atoms with Crippen LogP contribution in [0.25, 0.3) is 33.3 Å². The second-order valence-electron chi connectivity index (χ2n) is 9.19. The quantitative estimate of drug-likeness (QED) is 0.464. The third-order valence-corrected chi connectivity index (χ3v) is 7.39. The molecule has 0 unspecified atom stereocenters. The van der Waals surface area contributed by atoms with E-state index in [9.17, 15) is 4.79 Å². The van der Waals surface area contributed by atoms with Crippen LogP contribution in [0.5, 0.6) is 0 Å². The predicted molar refractivity (Wildman–Crippen MR) is 125 cm³/mol. The fraction of sp³-hybridized carbons (Fsp3) is 0.409. The summed E-state index contributed by atoms with van der Waals surface area (Å²) in [5, 5.41) is 22.5. The number of anilines is 1. The lowest BCUT2D eigenvalue weighted by Crippen LogP contribution is -2.61. The molecule has 2 aliphatic rings. The number of likely N-dealkylation sites (tertiary alicyclic amines) is 1. The Morgan fingerprint density at radius 3 is 2.70 bits per heavy atom. The van der Waals surface area contributed by atoms with E-state index in [-0.39, 0.29) is 5.41 Å². The van der Waals surface area contributed by atoms with E-state index in [2.05, 4.69) is 20.2 Å². The number of fused-ring (bicyclic) bond motifs is 2. The summed E-state index contributed by atoms with van der Waals surface area (Å²) >= 11 is 6.71. The van der Waals surface area contributed by atoms with Crippen molar-refractivity contribution >= 4 is 45.6 Å². The van der Waals surface area contributed by atoms with Gasteiger partial charge in [0.05, 0.1) is 16.2 Å². The van der Waals surface area contributed by atoms with Gasteiger partial charge in [-0.25, -0.2) is 14.8 Å². The fourth-order valence-corrected chi connectivity index (χ4v) is 5.47. The van der Waals surface area contributed by atoms with Gasteiger partial charge in [0.2, 0.25) is 0 Å². The van der Waals surface area contributed by atoms with E-state index in [1.54, 1.807) is 4.68 Å². The Balaban J connectivity index is 1.29. The summed E-state index contributed by atoms with van der Waals surface area (Å²) in [6.45, 7) is 4.89. The Morgan fingerprint density at radius 1 is 1.21 bits per heavy atom. The molecule has 0 radical (unpaired) electrons. The van der Waals surface area contributed by atoms with Crippen LogP contribution in [-0.2, 0) is 7.05 Å². The number of nitrogens with one attached hydrogen (secondary N) is 1. The van der Waals surface area contributed by atoms with Gasteiger partial charge in [0.25, 0.3) is 0 Å².